The normalized spacial score (nSPS) is 14.2. The Morgan fingerprint density at radius 2 is 1.91 bits per heavy atom. The smallest absolute Gasteiger partial charge is 0.191 e. The topological polar surface area (TPSA) is 54.9 Å². The molecule has 1 aromatic rings. The third kappa shape index (κ3) is 7.31. The fraction of sp³-hybridized carbons (Fsp3) is 0.562. The van der Waals surface area contributed by atoms with Crippen molar-refractivity contribution in [2.75, 3.05) is 33.9 Å². The Morgan fingerprint density at radius 1 is 1.18 bits per heavy atom. The van der Waals surface area contributed by atoms with Crippen LogP contribution in [0, 0.1) is 5.92 Å². The summed E-state index contributed by atoms with van der Waals surface area (Å²) in [6, 6.07) is 8.08. The molecule has 0 bridgehead atoms. The van der Waals surface area contributed by atoms with Gasteiger partial charge in [-0.2, -0.15) is 0 Å². The van der Waals surface area contributed by atoms with E-state index in [0.29, 0.717) is 13.2 Å². The molecule has 0 heterocycles. The Bertz CT molecular complexity index is 447. The summed E-state index contributed by atoms with van der Waals surface area (Å²) < 4.78 is 10.5. The number of nitrogens with one attached hydrogen (secondary N) is 2. The van der Waals surface area contributed by atoms with Crippen LogP contribution in [-0.2, 0) is 11.3 Å². The van der Waals surface area contributed by atoms with Crippen LogP contribution >= 0.6 is 24.0 Å². The highest BCUT2D eigenvalue weighted by Gasteiger charge is 2.20. The molecule has 5 nitrogen and oxygen atoms in total. The average molecular weight is 419 g/mol. The molecule has 0 aromatic heterocycles. The van der Waals surface area contributed by atoms with Crippen molar-refractivity contribution in [3.8, 4) is 5.75 Å². The molecule has 0 radical (unpaired) electrons. The monoisotopic (exact) mass is 419 g/mol. The van der Waals surface area contributed by atoms with Crippen LogP contribution in [0.1, 0.15) is 18.4 Å². The van der Waals surface area contributed by atoms with E-state index in [9.17, 15) is 0 Å². The molecule has 2 N–H and O–H groups in total. The Kier molecular flexibility index (Phi) is 9.22. The van der Waals surface area contributed by atoms with Gasteiger partial charge in [0.25, 0.3) is 0 Å². The van der Waals surface area contributed by atoms with Gasteiger partial charge in [-0.05, 0) is 36.5 Å². The van der Waals surface area contributed by atoms with Crippen molar-refractivity contribution >= 4 is 29.9 Å². The van der Waals surface area contributed by atoms with Crippen LogP contribution in [0.5, 0.6) is 5.75 Å². The fourth-order valence-corrected chi connectivity index (χ4v) is 1.92. The summed E-state index contributed by atoms with van der Waals surface area (Å²) in [5.74, 6) is 2.57. The number of halogens is 1. The van der Waals surface area contributed by atoms with Crippen molar-refractivity contribution in [1.29, 1.82) is 0 Å². The van der Waals surface area contributed by atoms with E-state index in [1.54, 1.807) is 14.2 Å². The third-order valence-corrected chi connectivity index (χ3v) is 3.42. The predicted octanol–water partition coefficient (Wildman–Crippen LogP) is 2.40. The molecular formula is C16H26IN3O2. The van der Waals surface area contributed by atoms with E-state index in [1.807, 2.05) is 12.1 Å². The van der Waals surface area contributed by atoms with E-state index in [-0.39, 0.29) is 24.0 Å². The Balaban J connectivity index is 0.00000242. The van der Waals surface area contributed by atoms with Gasteiger partial charge in [0.05, 0.1) is 6.61 Å². The first-order valence-electron chi connectivity index (χ1n) is 7.47. The number of nitrogens with zero attached hydrogens (tertiary/aromatic N) is 1. The lowest BCUT2D eigenvalue weighted by Crippen LogP contribution is -2.37. The minimum atomic E-state index is 0. The van der Waals surface area contributed by atoms with E-state index in [4.69, 9.17) is 9.47 Å². The number of guanidine groups is 1. The molecule has 22 heavy (non-hydrogen) atoms. The summed E-state index contributed by atoms with van der Waals surface area (Å²) >= 11 is 0. The maximum atomic E-state index is 5.54. The number of hydrogen-bond acceptors (Lipinski definition) is 3. The van der Waals surface area contributed by atoms with Gasteiger partial charge in [-0.1, -0.05) is 12.1 Å². The second-order valence-corrected chi connectivity index (χ2v) is 5.24. The average Bonchev–Trinajstić information content (AvgIpc) is 3.33. The van der Waals surface area contributed by atoms with Gasteiger partial charge in [0, 0.05) is 27.2 Å². The predicted molar refractivity (Wildman–Crippen MR) is 100 cm³/mol. The molecule has 0 aliphatic heterocycles. The van der Waals surface area contributed by atoms with Crippen LogP contribution in [0.2, 0.25) is 0 Å². The molecule has 1 aromatic carbocycles. The molecule has 0 atom stereocenters. The molecule has 2 rings (SSSR count). The SMILES string of the molecule is CN=C(NCc1ccc(OCCOC)cc1)NCC1CC1.I. The van der Waals surface area contributed by atoms with Crippen molar-refractivity contribution in [2.45, 2.75) is 19.4 Å². The van der Waals surface area contributed by atoms with Crippen LogP contribution in [0.4, 0.5) is 0 Å². The molecule has 0 spiro atoms. The summed E-state index contributed by atoms with van der Waals surface area (Å²) in [6.45, 7) is 2.95. The van der Waals surface area contributed by atoms with Crippen molar-refractivity contribution in [3.05, 3.63) is 29.8 Å². The van der Waals surface area contributed by atoms with E-state index in [0.717, 1.165) is 30.7 Å². The summed E-state index contributed by atoms with van der Waals surface area (Å²) in [6.07, 6.45) is 2.68. The molecule has 1 fully saturated rings. The fourth-order valence-electron chi connectivity index (χ4n) is 1.92. The largest absolute Gasteiger partial charge is 0.491 e. The molecule has 0 saturated heterocycles. The van der Waals surface area contributed by atoms with Gasteiger partial charge in [0.2, 0.25) is 0 Å². The van der Waals surface area contributed by atoms with Crippen molar-refractivity contribution in [2.24, 2.45) is 10.9 Å². The molecule has 124 valence electrons. The summed E-state index contributed by atoms with van der Waals surface area (Å²) in [5, 5.41) is 6.67. The zero-order valence-corrected chi connectivity index (χ0v) is 15.6. The minimum absolute atomic E-state index is 0. The van der Waals surface area contributed by atoms with Crippen LogP contribution in [-0.4, -0.2) is 39.9 Å². The van der Waals surface area contributed by atoms with Crippen molar-refractivity contribution in [1.82, 2.24) is 10.6 Å². The lowest BCUT2D eigenvalue weighted by molar-refractivity contribution is 0.146. The van der Waals surface area contributed by atoms with Crippen LogP contribution < -0.4 is 15.4 Å². The Hall–Kier alpha value is -1.02. The quantitative estimate of drug-likeness (QED) is 0.294. The minimum Gasteiger partial charge on any atom is -0.491 e. The lowest BCUT2D eigenvalue weighted by Gasteiger charge is -2.12. The molecule has 6 heteroatoms. The number of aliphatic imine (C=N–C) groups is 1. The first-order chi connectivity index (χ1) is 10.3. The first-order valence-corrected chi connectivity index (χ1v) is 7.47. The number of hydrogen-bond donors (Lipinski definition) is 2. The van der Waals surface area contributed by atoms with Crippen molar-refractivity contribution in [3.63, 3.8) is 0 Å². The van der Waals surface area contributed by atoms with E-state index in [2.05, 4.69) is 27.8 Å². The van der Waals surface area contributed by atoms with Crippen LogP contribution in [0.15, 0.2) is 29.3 Å². The standard InChI is InChI=1S/C16H25N3O2.HI/c1-17-16(18-11-13-3-4-13)19-12-14-5-7-15(8-6-14)21-10-9-20-2;/h5-8,13H,3-4,9-12H2,1-2H3,(H2,17,18,19);1H. The van der Waals surface area contributed by atoms with Gasteiger partial charge >= 0.3 is 0 Å². The van der Waals surface area contributed by atoms with E-state index < -0.39 is 0 Å². The van der Waals surface area contributed by atoms with Crippen LogP contribution in [0.3, 0.4) is 0 Å². The van der Waals surface area contributed by atoms with Gasteiger partial charge < -0.3 is 20.1 Å². The maximum absolute atomic E-state index is 5.54. The molecule has 0 amide bonds. The molecule has 1 aliphatic rings. The second kappa shape index (κ2) is 10.7. The zero-order valence-electron chi connectivity index (χ0n) is 13.3. The molecule has 1 aliphatic carbocycles. The molecular weight excluding hydrogens is 393 g/mol. The zero-order chi connectivity index (χ0) is 14.9. The summed E-state index contributed by atoms with van der Waals surface area (Å²) in [4.78, 5) is 4.23. The molecule has 0 unspecified atom stereocenters. The first kappa shape index (κ1) is 19.0. The highest BCUT2D eigenvalue weighted by atomic mass is 127. The second-order valence-electron chi connectivity index (χ2n) is 5.24. The van der Waals surface area contributed by atoms with E-state index in [1.165, 1.54) is 18.4 Å². The molecule has 1 saturated carbocycles. The number of benzene rings is 1. The Morgan fingerprint density at radius 3 is 2.50 bits per heavy atom. The Labute approximate surface area is 149 Å². The highest BCUT2D eigenvalue weighted by molar-refractivity contribution is 14.0. The summed E-state index contributed by atoms with van der Waals surface area (Å²) in [7, 11) is 3.47. The van der Waals surface area contributed by atoms with E-state index >= 15 is 0 Å². The highest BCUT2D eigenvalue weighted by Crippen LogP contribution is 2.27. The van der Waals surface area contributed by atoms with Gasteiger partial charge in [-0.15, -0.1) is 24.0 Å². The number of methoxy groups -OCH3 is 1. The van der Waals surface area contributed by atoms with Crippen molar-refractivity contribution < 1.29 is 9.47 Å². The van der Waals surface area contributed by atoms with Gasteiger partial charge in [-0.3, -0.25) is 4.99 Å². The maximum Gasteiger partial charge on any atom is 0.191 e. The van der Waals surface area contributed by atoms with Gasteiger partial charge in [-0.25, -0.2) is 0 Å². The lowest BCUT2D eigenvalue weighted by atomic mass is 10.2. The van der Waals surface area contributed by atoms with Gasteiger partial charge in [0.15, 0.2) is 5.96 Å². The third-order valence-electron chi connectivity index (χ3n) is 3.42. The summed E-state index contributed by atoms with van der Waals surface area (Å²) in [5.41, 5.74) is 1.20. The van der Waals surface area contributed by atoms with Crippen LogP contribution in [0.25, 0.3) is 0 Å². The number of rotatable bonds is 8. The van der Waals surface area contributed by atoms with Gasteiger partial charge in [0.1, 0.15) is 12.4 Å². The number of ether oxygens (including phenoxy) is 2.